The third kappa shape index (κ3) is 3.35. The van der Waals surface area contributed by atoms with Crippen molar-refractivity contribution in [1.29, 1.82) is 0 Å². The largest absolute Gasteiger partial charge is 0.311 e. The average Bonchev–Trinajstić information content (AvgIpc) is 2.43. The van der Waals surface area contributed by atoms with Gasteiger partial charge in [0.1, 0.15) is 0 Å². The van der Waals surface area contributed by atoms with E-state index in [0.717, 1.165) is 31.5 Å². The zero-order valence-corrected chi connectivity index (χ0v) is 12.2. The summed E-state index contributed by atoms with van der Waals surface area (Å²) >= 11 is 0. The van der Waals surface area contributed by atoms with Crippen LogP contribution in [0, 0.1) is 6.92 Å². The fraction of sp³-hybridized carbons (Fsp3) is 0.562. The van der Waals surface area contributed by atoms with E-state index in [-0.39, 0.29) is 5.91 Å². The molecule has 1 N–H and O–H groups in total. The van der Waals surface area contributed by atoms with Gasteiger partial charge >= 0.3 is 0 Å². The van der Waals surface area contributed by atoms with Gasteiger partial charge in [-0.3, -0.25) is 4.79 Å². The lowest BCUT2D eigenvalue weighted by Crippen LogP contribution is -2.43. The molecule has 1 amide bonds. The van der Waals surface area contributed by atoms with Gasteiger partial charge in [-0.25, -0.2) is 0 Å². The van der Waals surface area contributed by atoms with Crippen LogP contribution in [0.4, 0.5) is 5.69 Å². The quantitative estimate of drug-likeness (QED) is 0.902. The van der Waals surface area contributed by atoms with Crippen molar-refractivity contribution >= 4 is 11.6 Å². The van der Waals surface area contributed by atoms with Gasteiger partial charge < -0.3 is 10.2 Å². The molecule has 1 atom stereocenters. The zero-order chi connectivity index (χ0) is 13.8. The second-order valence-electron chi connectivity index (χ2n) is 5.47. The molecular formula is C16H24N2O. The van der Waals surface area contributed by atoms with Crippen molar-refractivity contribution in [3.05, 3.63) is 29.3 Å². The van der Waals surface area contributed by atoms with Crippen LogP contribution in [0.5, 0.6) is 0 Å². The first-order valence-corrected chi connectivity index (χ1v) is 7.25. The fourth-order valence-corrected chi connectivity index (χ4v) is 2.49. The van der Waals surface area contributed by atoms with E-state index in [9.17, 15) is 4.79 Å². The number of hydrogen-bond acceptors (Lipinski definition) is 2. The Morgan fingerprint density at radius 1 is 1.47 bits per heavy atom. The van der Waals surface area contributed by atoms with Crippen LogP contribution >= 0.6 is 0 Å². The van der Waals surface area contributed by atoms with Crippen molar-refractivity contribution in [1.82, 2.24) is 5.32 Å². The van der Waals surface area contributed by atoms with Crippen molar-refractivity contribution in [2.75, 3.05) is 18.0 Å². The summed E-state index contributed by atoms with van der Waals surface area (Å²) in [6, 6.07) is 6.78. The summed E-state index contributed by atoms with van der Waals surface area (Å²) in [6.45, 7) is 7.62. The Kier molecular flexibility index (Phi) is 4.59. The molecule has 19 heavy (non-hydrogen) atoms. The van der Waals surface area contributed by atoms with Crippen molar-refractivity contribution in [2.24, 2.45) is 0 Å². The van der Waals surface area contributed by atoms with Crippen LogP contribution in [0.1, 0.15) is 37.8 Å². The molecule has 0 bridgehead atoms. The standard InChI is InChI=1S/C16H24N2O/c1-4-13(3)17-11-16(19)18-9-5-6-14-10-12(2)7-8-15(14)18/h7-8,10,13,17H,4-6,9,11H2,1-3H3. The summed E-state index contributed by atoms with van der Waals surface area (Å²) in [6.07, 6.45) is 3.19. The Hall–Kier alpha value is -1.35. The van der Waals surface area contributed by atoms with Crippen LogP contribution in [-0.2, 0) is 11.2 Å². The van der Waals surface area contributed by atoms with Crippen molar-refractivity contribution in [3.63, 3.8) is 0 Å². The van der Waals surface area contributed by atoms with Gasteiger partial charge in [-0.1, -0.05) is 24.6 Å². The molecule has 104 valence electrons. The minimum Gasteiger partial charge on any atom is -0.311 e. The molecule has 1 heterocycles. The number of anilines is 1. The lowest BCUT2D eigenvalue weighted by atomic mass is 9.99. The molecule has 1 unspecified atom stereocenters. The van der Waals surface area contributed by atoms with Crippen LogP contribution in [-0.4, -0.2) is 25.0 Å². The molecule has 0 saturated carbocycles. The smallest absolute Gasteiger partial charge is 0.240 e. The topological polar surface area (TPSA) is 32.3 Å². The van der Waals surface area contributed by atoms with E-state index in [0.29, 0.717) is 12.6 Å². The van der Waals surface area contributed by atoms with Gasteiger partial charge in [-0.2, -0.15) is 0 Å². The minimum absolute atomic E-state index is 0.185. The van der Waals surface area contributed by atoms with Gasteiger partial charge in [0.05, 0.1) is 6.54 Å². The number of rotatable bonds is 4. The third-order valence-electron chi connectivity index (χ3n) is 3.87. The van der Waals surface area contributed by atoms with Crippen LogP contribution in [0.15, 0.2) is 18.2 Å². The molecule has 0 saturated heterocycles. The zero-order valence-electron chi connectivity index (χ0n) is 12.2. The highest BCUT2D eigenvalue weighted by Crippen LogP contribution is 2.27. The monoisotopic (exact) mass is 260 g/mol. The number of nitrogens with zero attached hydrogens (tertiary/aromatic N) is 1. The molecule has 1 aromatic carbocycles. The molecule has 0 fully saturated rings. The molecule has 3 heteroatoms. The Balaban J connectivity index is 2.08. The summed E-state index contributed by atoms with van der Waals surface area (Å²) in [4.78, 5) is 14.3. The number of fused-ring (bicyclic) bond motifs is 1. The lowest BCUT2D eigenvalue weighted by Gasteiger charge is -2.30. The Labute approximate surface area is 116 Å². The predicted octanol–water partition coefficient (Wildman–Crippen LogP) is 2.66. The van der Waals surface area contributed by atoms with Gasteiger partial charge in [0.15, 0.2) is 0 Å². The molecule has 1 aliphatic heterocycles. The van der Waals surface area contributed by atoms with E-state index in [1.54, 1.807) is 0 Å². The van der Waals surface area contributed by atoms with E-state index < -0.39 is 0 Å². The van der Waals surface area contributed by atoms with Crippen LogP contribution in [0.3, 0.4) is 0 Å². The van der Waals surface area contributed by atoms with Gasteiger partial charge in [-0.05, 0) is 44.7 Å². The number of aryl methyl sites for hydroxylation is 2. The molecule has 0 spiro atoms. The third-order valence-corrected chi connectivity index (χ3v) is 3.87. The molecule has 1 aliphatic rings. The first-order valence-electron chi connectivity index (χ1n) is 7.25. The molecular weight excluding hydrogens is 236 g/mol. The van der Waals surface area contributed by atoms with Gasteiger partial charge in [0.25, 0.3) is 0 Å². The van der Waals surface area contributed by atoms with E-state index >= 15 is 0 Å². The highest BCUT2D eigenvalue weighted by atomic mass is 16.2. The molecule has 2 rings (SSSR count). The van der Waals surface area contributed by atoms with E-state index in [4.69, 9.17) is 0 Å². The second-order valence-corrected chi connectivity index (χ2v) is 5.47. The van der Waals surface area contributed by atoms with Gasteiger partial charge in [-0.15, -0.1) is 0 Å². The van der Waals surface area contributed by atoms with Crippen LogP contribution in [0.25, 0.3) is 0 Å². The number of carbonyl (C=O) groups is 1. The minimum atomic E-state index is 0.185. The summed E-state index contributed by atoms with van der Waals surface area (Å²) < 4.78 is 0. The maximum atomic E-state index is 12.3. The van der Waals surface area contributed by atoms with E-state index in [2.05, 4.69) is 44.3 Å². The van der Waals surface area contributed by atoms with Gasteiger partial charge in [0, 0.05) is 18.3 Å². The molecule has 0 radical (unpaired) electrons. The Bertz CT molecular complexity index is 456. The van der Waals surface area contributed by atoms with E-state index in [1.165, 1.54) is 11.1 Å². The lowest BCUT2D eigenvalue weighted by molar-refractivity contribution is -0.118. The summed E-state index contributed by atoms with van der Waals surface area (Å²) in [5.74, 6) is 0.185. The number of hydrogen-bond donors (Lipinski definition) is 1. The Morgan fingerprint density at radius 2 is 2.26 bits per heavy atom. The van der Waals surface area contributed by atoms with Crippen LogP contribution in [0.2, 0.25) is 0 Å². The van der Waals surface area contributed by atoms with Gasteiger partial charge in [0.2, 0.25) is 5.91 Å². The number of carbonyl (C=O) groups excluding carboxylic acids is 1. The van der Waals surface area contributed by atoms with E-state index in [1.807, 2.05) is 4.90 Å². The molecule has 0 aliphatic carbocycles. The molecule has 0 aromatic heterocycles. The first kappa shape index (κ1) is 14.1. The van der Waals surface area contributed by atoms with Crippen LogP contribution < -0.4 is 10.2 Å². The molecule has 1 aromatic rings. The number of amides is 1. The summed E-state index contributed by atoms with van der Waals surface area (Å²) in [7, 11) is 0. The predicted molar refractivity (Wildman–Crippen MR) is 79.6 cm³/mol. The summed E-state index contributed by atoms with van der Waals surface area (Å²) in [5.41, 5.74) is 3.68. The maximum absolute atomic E-state index is 12.3. The summed E-state index contributed by atoms with van der Waals surface area (Å²) in [5, 5.41) is 3.28. The fourth-order valence-electron chi connectivity index (χ4n) is 2.49. The average molecular weight is 260 g/mol. The second kappa shape index (κ2) is 6.20. The van der Waals surface area contributed by atoms with Crippen molar-refractivity contribution in [3.8, 4) is 0 Å². The maximum Gasteiger partial charge on any atom is 0.240 e. The molecule has 3 nitrogen and oxygen atoms in total. The normalized spacial score (nSPS) is 16.1. The van der Waals surface area contributed by atoms with Crippen molar-refractivity contribution in [2.45, 2.75) is 46.1 Å². The highest BCUT2D eigenvalue weighted by Gasteiger charge is 2.22. The SMILES string of the molecule is CCC(C)NCC(=O)N1CCCc2cc(C)ccc21. The Morgan fingerprint density at radius 3 is 3.00 bits per heavy atom. The highest BCUT2D eigenvalue weighted by molar-refractivity contribution is 5.96. The number of benzene rings is 1. The number of nitrogens with one attached hydrogen (secondary N) is 1. The van der Waals surface area contributed by atoms with Crippen molar-refractivity contribution < 1.29 is 4.79 Å². The first-order chi connectivity index (χ1) is 9.11.